The molecule has 2 saturated heterocycles. The summed E-state index contributed by atoms with van der Waals surface area (Å²) in [5.74, 6) is 0.569. The lowest BCUT2D eigenvalue weighted by Crippen LogP contribution is -2.28. The van der Waals surface area contributed by atoms with E-state index in [9.17, 15) is 4.39 Å². The highest BCUT2D eigenvalue weighted by Crippen LogP contribution is 2.31. The van der Waals surface area contributed by atoms with Crippen LogP contribution in [0, 0.1) is 11.7 Å². The van der Waals surface area contributed by atoms with E-state index in [2.05, 4.69) is 15.2 Å². The fraction of sp³-hybridized carbons (Fsp3) is 0.500. The van der Waals surface area contributed by atoms with E-state index in [0.29, 0.717) is 0 Å². The van der Waals surface area contributed by atoms with Crippen molar-refractivity contribution in [2.45, 2.75) is 19.3 Å². The molecule has 3 heterocycles. The molecular weight excluding hydrogens is 309 g/mol. The predicted molar refractivity (Wildman–Crippen MR) is 93.5 cm³/mol. The van der Waals surface area contributed by atoms with E-state index < -0.39 is 0 Å². The molecule has 0 spiro atoms. The first kappa shape index (κ1) is 15.1. The van der Waals surface area contributed by atoms with Gasteiger partial charge in [0, 0.05) is 30.6 Å². The topological polar surface area (TPSA) is 19.4 Å². The number of rotatable bonds is 4. The molecule has 0 N–H and O–H groups in total. The molecule has 0 amide bonds. The molecule has 2 aliphatic rings. The zero-order valence-corrected chi connectivity index (χ0v) is 14.1. The summed E-state index contributed by atoms with van der Waals surface area (Å²) in [6, 6.07) is 6.59. The van der Waals surface area contributed by atoms with Gasteiger partial charge in [-0.2, -0.15) is 0 Å². The Bertz CT molecular complexity index is 649. The molecule has 0 radical (unpaired) electrons. The highest BCUT2D eigenvalue weighted by molar-refractivity contribution is 7.14. The lowest BCUT2D eigenvalue weighted by molar-refractivity contribution is 0.289. The molecule has 3 nitrogen and oxygen atoms in total. The highest BCUT2D eigenvalue weighted by atomic mass is 32.1. The van der Waals surface area contributed by atoms with Crippen molar-refractivity contribution >= 4 is 16.5 Å². The maximum Gasteiger partial charge on any atom is 0.185 e. The molecule has 2 fully saturated rings. The van der Waals surface area contributed by atoms with Gasteiger partial charge in [-0.25, -0.2) is 9.37 Å². The van der Waals surface area contributed by atoms with Crippen LogP contribution in [-0.2, 0) is 0 Å². The summed E-state index contributed by atoms with van der Waals surface area (Å²) in [5.41, 5.74) is 1.94. The van der Waals surface area contributed by atoms with Crippen molar-refractivity contribution in [3.8, 4) is 11.3 Å². The molecule has 1 atom stereocenters. The number of thiazole rings is 1. The number of likely N-dealkylation sites (tertiary alicyclic amines) is 1. The van der Waals surface area contributed by atoms with Crippen LogP contribution >= 0.6 is 11.3 Å². The van der Waals surface area contributed by atoms with Crippen LogP contribution in [0.5, 0.6) is 0 Å². The SMILES string of the molecule is Fc1ccc(-c2csc(N3CCC(CN4CCCC4)C3)n2)cc1. The summed E-state index contributed by atoms with van der Waals surface area (Å²) in [7, 11) is 0. The van der Waals surface area contributed by atoms with Crippen LogP contribution in [0.2, 0.25) is 0 Å². The van der Waals surface area contributed by atoms with Gasteiger partial charge in [-0.1, -0.05) is 0 Å². The van der Waals surface area contributed by atoms with E-state index in [1.807, 2.05) is 0 Å². The molecule has 5 heteroatoms. The van der Waals surface area contributed by atoms with E-state index in [1.54, 1.807) is 23.5 Å². The zero-order valence-electron chi connectivity index (χ0n) is 13.2. The second-order valence-corrected chi connectivity index (χ2v) is 7.47. The summed E-state index contributed by atoms with van der Waals surface area (Å²) in [5, 5.41) is 3.18. The fourth-order valence-electron chi connectivity index (χ4n) is 3.65. The largest absolute Gasteiger partial charge is 0.348 e. The lowest BCUT2D eigenvalue weighted by atomic mass is 10.1. The number of aromatic nitrogens is 1. The summed E-state index contributed by atoms with van der Waals surface area (Å²) in [6.07, 6.45) is 4.00. The second-order valence-electron chi connectivity index (χ2n) is 6.63. The molecule has 1 aromatic heterocycles. The Morgan fingerprint density at radius 2 is 1.91 bits per heavy atom. The van der Waals surface area contributed by atoms with Crippen molar-refractivity contribution in [1.82, 2.24) is 9.88 Å². The van der Waals surface area contributed by atoms with Gasteiger partial charge in [-0.3, -0.25) is 0 Å². The Kier molecular flexibility index (Phi) is 4.31. The van der Waals surface area contributed by atoms with Gasteiger partial charge in [0.2, 0.25) is 0 Å². The van der Waals surface area contributed by atoms with E-state index in [0.717, 1.165) is 35.4 Å². The standard InChI is InChI=1S/C18H22FN3S/c19-16-5-3-15(4-6-16)17-13-23-18(20-17)22-10-7-14(12-22)11-21-8-1-2-9-21/h3-6,13-14H,1-2,7-12H2. The van der Waals surface area contributed by atoms with Gasteiger partial charge in [0.1, 0.15) is 5.82 Å². The number of nitrogens with zero attached hydrogens (tertiary/aromatic N) is 3. The van der Waals surface area contributed by atoms with Gasteiger partial charge in [-0.15, -0.1) is 11.3 Å². The number of halogens is 1. The number of benzene rings is 1. The highest BCUT2D eigenvalue weighted by Gasteiger charge is 2.27. The Morgan fingerprint density at radius 3 is 2.70 bits per heavy atom. The number of hydrogen-bond donors (Lipinski definition) is 0. The Balaban J connectivity index is 1.40. The van der Waals surface area contributed by atoms with Gasteiger partial charge in [-0.05, 0) is 62.5 Å². The van der Waals surface area contributed by atoms with Crippen LogP contribution in [0.1, 0.15) is 19.3 Å². The molecule has 0 aliphatic carbocycles. The smallest absolute Gasteiger partial charge is 0.185 e. The van der Waals surface area contributed by atoms with Gasteiger partial charge >= 0.3 is 0 Å². The van der Waals surface area contributed by atoms with Gasteiger partial charge in [0.25, 0.3) is 0 Å². The van der Waals surface area contributed by atoms with Crippen LogP contribution in [-0.4, -0.2) is 42.6 Å². The molecule has 2 aromatic rings. The van der Waals surface area contributed by atoms with Crippen molar-refractivity contribution in [3.63, 3.8) is 0 Å². The Morgan fingerprint density at radius 1 is 1.13 bits per heavy atom. The minimum atomic E-state index is -0.200. The average Bonchev–Trinajstić information content (AvgIpc) is 3.29. The molecule has 0 saturated carbocycles. The summed E-state index contributed by atoms with van der Waals surface area (Å²) in [6.45, 7) is 6.03. The van der Waals surface area contributed by atoms with E-state index >= 15 is 0 Å². The number of hydrogen-bond acceptors (Lipinski definition) is 4. The van der Waals surface area contributed by atoms with E-state index in [4.69, 9.17) is 4.98 Å². The maximum atomic E-state index is 13.0. The molecule has 0 bridgehead atoms. The van der Waals surface area contributed by atoms with Gasteiger partial charge < -0.3 is 9.80 Å². The van der Waals surface area contributed by atoms with Crippen LogP contribution < -0.4 is 4.90 Å². The van der Waals surface area contributed by atoms with Crippen LogP contribution in [0.25, 0.3) is 11.3 Å². The summed E-state index contributed by atoms with van der Waals surface area (Å²) < 4.78 is 13.0. The first-order valence-corrected chi connectivity index (χ1v) is 9.35. The van der Waals surface area contributed by atoms with Gasteiger partial charge in [0.05, 0.1) is 5.69 Å². The first-order chi connectivity index (χ1) is 11.3. The van der Waals surface area contributed by atoms with Crippen molar-refractivity contribution < 1.29 is 4.39 Å². The molecule has 4 rings (SSSR count). The minimum Gasteiger partial charge on any atom is -0.348 e. The molecule has 122 valence electrons. The molecule has 1 unspecified atom stereocenters. The van der Waals surface area contributed by atoms with Crippen molar-refractivity contribution in [2.75, 3.05) is 37.6 Å². The molecule has 2 aliphatic heterocycles. The summed E-state index contributed by atoms with van der Waals surface area (Å²) in [4.78, 5) is 9.79. The monoisotopic (exact) mass is 331 g/mol. The zero-order chi connectivity index (χ0) is 15.6. The third-order valence-corrected chi connectivity index (χ3v) is 5.80. The van der Waals surface area contributed by atoms with Crippen LogP contribution in [0.3, 0.4) is 0 Å². The van der Waals surface area contributed by atoms with Crippen LogP contribution in [0.4, 0.5) is 9.52 Å². The third kappa shape index (κ3) is 3.40. The summed E-state index contributed by atoms with van der Waals surface area (Å²) >= 11 is 1.70. The van der Waals surface area contributed by atoms with E-state index in [1.165, 1.54) is 51.0 Å². The first-order valence-electron chi connectivity index (χ1n) is 8.47. The lowest BCUT2D eigenvalue weighted by Gasteiger charge is -2.20. The Labute approximate surface area is 140 Å². The predicted octanol–water partition coefficient (Wildman–Crippen LogP) is 3.87. The third-order valence-electron chi connectivity index (χ3n) is 4.90. The number of anilines is 1. The van der Waals surface area contributed by atoms with Crippen molar-refractivity contribution in [1.29, 1.82) is 0 Å². The average molecular weight is 331 g/mol. The van der Waals surface area contributed by atoms with Crippen molar-refractivity contribution in [3.05, 3.63) is 35.5 Å². The second kappa shape index (κ2) is 6.57. The molecule has 23 heavy (non-hydrogen) atoms. The maximum absolute atomic E-state index is 13.0. The molecule has 1 aromatic carbocycles. The Hall–Kier alpha value is -1.46. The minimum absolute atomic E-state index is 0.200. The van der Waals surface area contributed by atoms with Gasteiger partial charge in [0.15, 0.2) is 5.13 Å². The van der Waals surface area contributed by atoms with E-state index in [-0.39, 0.29) is 5.82 Å². The van der Waals surface area contributed by atoms with Crippen molar-refractivity contribution in [2.24, 2.45) is 5.92 Å². The fourth-order valence-corrected chi connectivity index (χ4v) is 4.52. The quantitative estimate of drug-likeness (QED) is 0.848. The normalized spacial score (nSPS) is 22.1. The molecular formula is C18H22FN3S. The van der Waals surface area contributed by atoms with Crippen LogP contribution in [0.15, 0.2) is 29.6 Å².